The van der Waals surface area contributed by atoms with Gasteiger partial charge in [0.15, 0.2) is 0 Å². The zero-order chi connectivity index (χ0) is 17.1. The van der Waals surface area contributed by atoms with Crippen LogP contribution in [-0.2, 0) is 0 Å². The molecule has 3 aromatic rings. The number of carbonyl (C=O) groups excluding carboxylic acids is 1. The van der Waals surface area contributed by atoms with Crippen LogP contribution in [0.25, 0.3) is 5.69 Å². The number of nitrogens with zero attached hydrogens (tertiary/aromatic N) is 4. The van der Waals surface area contributed by atoms with Crippen molar-refractivity contribution in [1.29, 1.82) is 0 Å². The molecule has 9 nitrogen and oxygen atoms in total. The number of amides is 1. The van der Waals surface area contributed by atoms with Gasteiger partial charge < -0.3 is 5.73 Å². The van der Waals surface area contributed by atoms with Gasteiger partial charge in [-0.3, -0.25) is 20.2 Å². The number of nitrogens with two attached hydrogens (primary N) is 1. The molecule has 9 heteroatoms. The molecule has 3 rings (SSSR count). The molecule has 1 amide bonds. The Balaban J connectivity index is 1.79. The van der Waals surface area contributed by atoms with Gasteiger partial charge in [-0.15, -0.1) is 5.10 Å². The Hall–Kier alpha value is -3.75. The molecule has 0 aliphatic heterocycles. The lowest BCUT2D eigenvalue weighted by Crippen LogP contribution is -2.13. The van der Waals surface area contributed by atoms with Crippen LogP contribution < -0.4 is 11.1 Å². The van der Waals surface area contributed by atoms with Crippen LogP contribution in [0.1, 0.15) is 10.4 Å². The van der Waals surface area contributed by atoms with E-state index in [-0.39, 0.29) is 23.1 Å². The van der Waals surface area contributed by atoms with E-state index in [2.05, 4.69) is 15.4 Å². The highest BCUT2D eigenvalue weighted by Gasteiger charge is 2.14. The lowest BCUT2D eigenvalue weighted by Gasteiger charge is -2.01. The third kappa shape index (κ3) is 3.04. The molecular weight excluding hydrogens is 312 g/mol. The predicted octanol–water partition coefficient (Wildman–Crippen LogP) is 2.01. The average molecular weight is 324 g/mol. The number of nitro benzene ring substituents is 1. The van der Waals surface area contributed by atoms with Crippen LogP contribution >= 0.6 is 0 Å². The third-order valence-electron chi connectivity index (χ3n) is 3.20. The summed E-state index contributed by atoms with van der Waals surface area (Å²) in [4.78, 5) is 26.2. The van der Waals surface area contributed by atoms with Gasteiger partial charge in [0.1, 0.15) is 0 Å². The van der Waals surface area contributed by atoms with E-state index in [1.165, 1.54) is 28.9 Å². The van der Waals surface area contributed by atoms with Crippen molar-refractivity contribution in [2.45, 2.75) is 0 Å². The first-order valence-electron chi connectivity index (χ1n) is 6.88. The molecule has 0 saturated carbocycles. The number of non-ortho nitro benzene ring substituents is 1. The van der Waals surface area contributed by atoms with Gasteiger partial charge in [0, 0.05) is 17.7 Å². The van der Waals surface area contributed by atoms with Crippen LogP contribution in [-0.4, -0.2) is 25.6 Å². The van der Waals surface area contributed by atoms with E-state index >= 15 is 0 Å². The van der Waals surface area contributed by atoms with Gasteiger partial charge in [-0.25, -0.2) is 0 Å². The average Bonchev–Trinajstić information content (AvgIpc) is 2.96. The first-order chi connectivity index (χ1) is 11.5. The zero-order valence-electron chi connectivity index (χ0n) is 12.3. The van der Waals surface area contributed by atoms with Crippen molar-refractivity contribution >= 4 is 23.5 Å². The van der Waals surface area contributed by atoms with E-state index in [1.54, 1.807) is 12.1 Å². The smallest absolute Gasteiger partial charge is 0.269 e. The van der Waals surface area contributed by atoms with Gasteiger partial charge in [-0.05, 0) is 24.3 Å². The van der Waals surface area contributed by atoms with Crippen LogP contribution in [0.5, 0.6) is 0 Å². The minimum Gasteiger partial charge on any atom is -0.368 e. The molecular formula is C15H12N6O3. The third-order valence-corrected chi connectivity index (χ3v) is 3.20. The number of nitrogen functional groups attached to an aromatic ring is 1. The van der Waals surface area contributed by atoms with Gasteiger partial charge >= 0.3 is 0 Å². The molecule has 0 aliphatic carbocycles. The van der Waals surface area contributed by atoms with Gasteiger partial charge in [-0.1, -0.05) is 18.2 Å². The monoisotopic (exact) mass is 324 g/mol. The maximum Gasteiger partial charge on any atom is 0.269 e. The summed E-state index contributed by atoms with van der Waals surface area (Å²) in [5.41, 5.74) is 6.66. The van der Waals surface area contributed by atoms with Crippen molar-refractivity contribution in [3.8, 4) is 5.69 Å². The van der Waals surface area contributed by atoms with E-state index < -0.39 is 10.8 Å². The molecule has 0 bridgehead atoms. The zero-order valence-corrected chi connectivity index (χ0v) is 12.3. The Morgan fingerprint density at radius 1 is 1.12 bits per heavy atom. The number of para-hydroxylation sites is 1. The first kappa shape index (κ1) is 15.2. The summed E-state index contributed by atoms with van der Waals surface area (Å²) >= 11 is 0. The number of hydrogen-bond donors (Lipinski definition) is 2. The molecule has 2 aromatic carbocycles. The second-order valence-corrected chi connectivity index (χ2v) is 4.80. The summed E-state index contributed by atoms with van der Waals surface area (Å²) < 4.78 is 1.39. The molecule has 120 valence electrons. The second-order valence-electron chi connectivity index (χ2n) is 4.80. The molecule has 0 unspecified atom stereocenters. The minimum absolute atomic E-state index is 0.0414. The molecule has 0 saturated heterocycles. The standard InChI is InChI=1S/C15H12N6O3/c16-14-18-15(19-20(14)11-4-2-1-3-5-11)17-13(22)10-6-8-12(9-7-10)21(23)24/h1-9H,(H3,16,17,18,19,22). The maximum absolute atomic E-state index is 12.1. The quantitative estimate of drug-likeness (QED) is 0.558. The van der Waals surface area contributed by atoms with E-state index in [0.29, 0.717) is 5.69 Å². The van der Waals surface area contributed by atoms with Crippen LogP contribution in [0.4, 0.5) is 17.6 Å². The topological polar surface area (TPSA) is 129 Å². The van der Waals surface area contributed by atoms with Gasteiger partial charge in [0.05, 0.1) is 10.6 Å². The number of aromatic nitrogens is 3. The Morgan fingerprint density at radius 2 is 1.79 bits per heavy atom. The number of carbonyl (C=O) groups is 1. The Bertz CT molecular complexity index is 889. The molecule has 24 heavy (non-hydrogen) atoms. The second kappa shape index (κ2) is 6.16. The fourth-order valence-corrected chi connectivity index (χ4v) is 2.04. The van der Waals surface area contributed by atoms with Gasteiger partial charge in [-0.2, -0.15) is 9.67 Å². The van der Waals surface area contributed by atoms with Crippen molar-refractivity contribution in [2.24, 2.45) is 0 Å². The summed E-state index contributed by atoms with van der Waals surface area (Å²) in [5.74, 6) is -0.324. The molecule has 0 radical (unpaired) electrons. The molecule has 0 aliphatic rings. The fraction of sp³-hybridized carbons (Fsp3) is 0. The van der Waals surface area contributed by atoms with E-state index in [4.69, 9.17) is 5.73 Å². The van der Waals surface area contributed by atoms with Crippen molar-refractivity contribution in [3.63, 3.8) is 0 Å². The lowest BCUT2D eigenvalue weighted by atomic mass is 10.2. The number of rotatable bonds is 4. The van der Waals surface area contributed by atoms with Crippen molar-refractivity contribution < 1.29 is 9.72 Å². The lowest BCUT2D eigenvalue weighted by molar-refractivity contribution is -0.384. The number of anilines is 2. The summed E-state index contributed by atoms with van der Waals surface area (Å²) in [7, 11) is 0. The number of nitro groups is 1. The van der Waals surface area contributed by atoms with Crippen molar-refractivity contribution in [1.82, 2.24) is 14.8 Å². The van der Waals surface area contributed by atoms with Gasteiger partial charge in [0.2, 0.25) is 5.95 Å². The molecule has 0 spiro atoms. The SMILES string of the molecule is Nc1nc(NC(=O)c2ccc([N+](=O)[O-])cc2)nn1-c1ccccc1. The van der Waals surface area contributed by atoms with Crippen molar-refractivity contribution in [3.05, 3.63) is 70.3 Å². The molecule has 3 N–H and O–H groups in total. The fourth-order valence-electron chi connectivity index (χ4n) is 2.04. The van der Waals surface area contributed by atoms with E-state index in [9.17, 15) is 14.9 Å². The molecule has 0 atom stereocenters. The highest BCUT2D eigenvalue weighted by Crippen LogP contribution is 2.15. The summed E-state index contributed by atoms with van der Waals surface area (Å²) in [6, 6.07) is 14.3. The normalized spacial score (nSPS) is 10.3. The summed E-state index contributed by atoms with van der Waals surface area (Å²) in [5, 5.41) is 17.3. The van der Waals surface area contributed by atoms with Crippen LogP contribution in [0.2, 0.25) is 0 Å². The Morgan fingerprint density at radius 3 is 2.42 bits per heavy atom. The predicted molar refractivity (Wildman–Crippen MR) is 86.8 cm³/mol. The highest BCUT2D eigenvalue weighted by molar-refractivity contribution is 6.03. The van der Waals surface area contributed by atoms with Crippen LogP contribution in [0.3, 0.4) is 0 Å². The highest BCUT2D eigenvalue weighted by atomic mass is 16.6. The van der Waals surface area contributed by atoms with Crippen molar-refractivity contribution in [2.75, 3.05) is 11.1 Å². The largest absolute Gasteiger partial charge is 0.368 e. The van der Waals surface area contributed by atoms with E-state index in [0.717, 1.165) is 0 Å². The first-order valence-corrected chi connectivity index (χ1v) is 6.88. The molecule has 1 heterocycles. The van der Waals surface area contributed by atoms with Crippen LogP contribution in [0.15, 0.2) is 54.6 Å². The van der Waals surface area contributed by atoms with Gasteiger partial charge in [0.25, 0.3) is 17.5 Å². The minimum atomic E-state index is -0.536. The Labute approximate surface area is 135 Å². The maximum atomic E-state index is 12.1. The summed E-state index contributed by atoms with van der Waals surface area (Å²) in [6.07, 6.45) is 0. The van der Waals surface area contributed by atoms with Crippen LogP contribution in [0, 0.1) is 10.1 Å². The number of nitrogens with one attached hydrogen (secondary N) is 1. The van der Waals surface area contributed by atoms with E-state index in [1.807, 2.05) is 18.2 Å². The molecule has 1 aromatic heterocycles. The number of hydrogen-bond acceptors (Lipinski definition) is 6. The summed E-state index contributed by atoms with van der Waals surface area (Å²) in [6.45, 7) is 0. The number of benzene rings is 2. The Kier molecular flexibility index (Phi) is 3.89. The molecule has 0 fully saturated rings.